The molecule has 0 atom stereocenters. The van der Waals surface area contributed by atoms with E-state index in [4.69, 9.17) is 0 Å². The first-order valence-corrected chi connectivity index (χ1v) is 18.1. The smallest absolute Gasteiger partial charge is 0.114 e. The Bertz CT molecular complexity index is 2330. The van der Waals surface area contributed by atoms with Crippen molar-refractivity contribution >= 4 is 83.1 Å². The predicted molar refractivity (Wildman–Crippen MR) is 186 cm³/mol. The molecule has 0 amide bonds. The number of fused-ring (bicyclic) bond motifs is 17. The molecule has 3 heteroatoms. The van der Waals surface area contributed by atoms with Crippen molar-refractivity contribution in [3.63, 3.8) is 0 Å². The van der Waals surface area contributed by atoms with Crippen molar-refractivity contribution in [2.45, 2.75) is 26.3 Å². The topological polar surface area (TPSA) is 40.5 Å². The Hall–Kier alpha value is -4.54. The van der Waals surface area contributed by atoms with Crippen molar-refractivity contribution in [1.82, 2.24) is 0 Å². The normalized spacial score (nSPS) is 14.0. The maximum atomic E-state index is 11.0. The second-order valence-electron chi connectivity index (χ2n) is 12.5. The highest BCUT2D eigenvalue weighted by Crippen LogP contribution is 2.48. The lowest BCUT2D eigenvalue weighted by Crippen LogP contribution is -2.52. The lowest BCUT2D eigenvalue weighted by Gasteiger charge is -2.25. The minimum Gasteiger partial charge on any atom is -0.392 e. The number of rotatable bonds is 2. The van der Waals surface area contributed by atoms with Gasteiger partial charge in [0, 0.05) is 0 Å². The Balaban J connectivity index is 1.66. The molecule has 0 aliphatic carbocycles. The average Bonchev–Trinajstić information content (AvgIpc) is 3.31. The summed E-state index contributed by atoms with van der Waals surface area (Å²) >= 11 is 0. The van der Waals surface area contributed by atoms with Crippen molar-refractivity contribution in [3.8, 4) is 11.1 Å². The van der Waals surface area contributed by atoms with Gasteiger partial charge in [0.15, 0.2) is 0 Å². The van der Waals surface area contributed by atoms with Gasteiger partial charge in [0.2, 0.25) is 0 Å². The summed E-state index contributed by atoms with van der Waals surface area (Å²) < 4.78 is 0. The fourth-order valence-electron chi connectivity index (χ4n) is 8.54. The first-order valence-electron chi connectivity index (χ1n) is 15.1. The van der Waals surface area contributed by atoms with Crippen molar-refractivity contribution in [2.75, 3.05) is 0 Å². The highest BCUT2D eigenvalue weighted by atomic mass is 28.3. The molecule has 0 saturated carbocycles. The molecule has 1 aliphatic rings. The fourth-order valence-corrected chi connectivity index (χ4v) is 12.4. The Morgan fingerprint density at radius 1 is 0.419 bits per heavy atom. The van der Waals surface area contributed by atoms with E-state index in [1.807, 2.05) is 0 Å². The Kier molecular flexibility index (Phi) is 5.08. The summed E-state index contributed by atoms with van der Waals surface area (Å²) in [5.41, 5.74) is 4.54. The van der Waals surface area contributed by atoms with E-state index in [0.29, 0.717) is 0 Å². The minimum absolute atomic E-state index is 0.0140. The van der Waals surface area contributed by atoms with Crippen molar-refractivity contribution in [3.05, 3.63) is 120 Å². The van der Waals surface area contributed by atoms with Crippen LogP contribution in [0, 0.1) is 0 Å². The lowest BCUT2D eigenvalue weighted by molar-refractivity contribution is 0.283. The molecule has 43 heavy (non-hydrogen) atoms. The van der Waals surface area contributed by atoms with Gasteiger partial charge < -0.3 is 10.2 Å². The van der Waals surface area contributed by atoms with E-state index in [9.17, 15) is 10.2 Å². The van der Waals surface area contributed by atoms with E-state index >= 15 is 0 Å². The first kappa shape index (κ1) is 25.0. The predicted octanol–water partition coefficient (Wildman–Crippen LogP) is 8.39. The van der Waals surface area contributed by atoms with Crippen LogP contribution in [0.25, 0.3) is 75.8 Å². The second kappa shape index (κ2) is 8.74. The molecule has 2 nitrogen and oxygen atoms in total. The van der Waals surface area contributed by atoms with Gasteiger partial charge in [-0.05, 0) is 109 Å². The van der Waals surface area contributed by atoms with E-state index in [-0.39, 0.29) is 13.2 Å². The molecule has 0 fully saturated rings. The Morgan fingerprint density at radius 2 is 0.698 bits per heavy atom. The number of hydrogen-bond acceptors (Lipinski definition) is 2. The highest BCUT2D eigenvalue weighted by molar-refractivity contribution is 7.05. The maximum absolute atomic E-state index is 11.0. The third-order valence-corrected chi connectivity index (χ3v) is 13.7. The molecule has 2 N–H and O–H groups in total. The molecule has 1 aliphatic heterocycles. The number of hydrogen-bond donors (Lipinski definition) is 2. The van der Waals surface area contributed by atoms with Crippen LogP contribution in [-0.2, 0) is 13.2 Å². The van der Waals surface area contributed by atoms with Crippen LogP contribution in [0.2, 0.25) is 13.1 Å². The summed E-state index contributed by atoms with van der Waals surface area (Å²) in [6.07, 6.45) is 0. The summed E-state index contributed by atoms with van der Waals surface area (Å²) in [5.74, 6) is 0. The summed E-state index contributed by atoms with van der Waals surface area (Å²) in [5, 5.41) is 39.3. The van der Waals surface area contributed by atoms with Crippen molar-refractivity contribution in [1.29, 1.82) is 0 Å². The molecule has 206 valence electrons. The second-order valence-corrected chi connectivity index (χ2v) is 16.8. The van der Waals surface area contributed by atoms with Gasteiger partial charge in [-0.3, -0.25) is 0 Å². The average molecular weight is 571 g/mol. The van der Waals surface area contributed by atoms with Gasteiger partial charge in [-0.1, -0.05) is 110 Å². The van der Waals surface area contributed by atoms with Gasteiger partial charge in [-0.25, -0.2) is 0 Å². The van der Waals surface area contributed by atoms with Gasteiger partial charge >= 0.3 is 0 Å². The van der Waals surface area contributed by atoms with Crippen LogP contribution in [0.5, 0.6) is 0 Å². The van der Waals surface area contributed by atoms with E-state index in [1.54, 1.807) is 0 Å². The minimum atomic E-state index is -2.38. The van der Waals surface area contributed by atoms with Gasteiger partial charge in [-0.2, -0.15) is 0 Å². The zero-order valence-corrected chi connectivity index (χ0v) is 25.2. The van der Waals surface area contributed by atoms with E-state index in [2.05, 4.69) is 122 Å². The zero-order valence-electron chi connectivity index (χ0n) is 24.2. The summed E-state index contributed by atoms with van der Waals surface area (Å²) in [6.45, 7) is 4.78. The standard InChI is InChI=1S/C40H30O2Si/c1-43(2)39-23(21-41)19-33-29-15-5-3-11-25(29)27-13-7-9-17-31(27)35(33)37(39)38-36-32-18-10-8-14-28(32)26-12-4-6-16-30(26)34(36)20-24(22-42)40(38)43/h3-20,41-42H,21-22H2,1-2H3. The zero-order chi connectivity index (χ0) is 29.0. The van der Waals surface area contributed by atoms with E-state index in [0.717, 1.165) is 11.1 Å². The monoisotopic (exact) mass is 570 g/mol. The first-order chi connectivity index (χ1) is 21.0. The van der Waals surface area contributed by atoms with Crippen LogP contribution in [-0.4, -0.2) is 18.3 Å². The van der Waals surface area contributed by atoms with Crippen LogP contribution in [0.1, 0.15) is 11.1 Å². The van der Waals surface area contributed by atoms with Crippen LogP contribution in [0.4, 0.5) is 0 Å². The van der Waals surface area contributed by atoms with Gasteiger partial charge in [0.05, 0.1) is 13.2 Å². The van der Waals surface area contributed by atoms with Crippen LogP contribution in [0.15, 0.2) is 109 Å². The SMILES string of the molecule is C[Si]1(C)c2c(CO)cc3c4ccccc4c4ccccc4c3c2-c2c1c(CO)cc1c3ccccc3c3ccccc3c21. The molecule has 8 aromatic carbocycles. The summed E-state index contributed by atoms with van der Waals surface area (Å²) in [4.78, 5) is 0. The quantitative estimate of drug-likeness (QED) is 0.162. The van der Waals surface area contributed by atoms with Crippen molar-refractivity contribution < 1.29 is 10.2 Å². The molecular formula is C40H30O2Si. The summed E-state index contributed by atoms with van der Waals surface area (Å²) in [6, 6.07) is 39.4. The largest absolute Gasteiger partial charge is 0.392 e. The molecule has 0 spiro atoms. The van der Waals surface area contributed by atoms with Gasteiger partial charge in [0.1, 0.15) is 8.07 Å². The summed E-state index contributed by atoms with van der Waals surface area (Å²) in [7, 11) is -2.38. The maximum Gasteiger partial charge on any atom is 0.114 e. The van der Waals surface area contributed by atoms with Crippen molar-refractivity contribution in [2.24, 2.45) is 0 Å². The van der Waals surface area contributed by atoms with Crippen LogP contribution in [0.3, 0.4) is 0 Å². The molecule has 8 aromatic rings. The number of benzene rings is 8. The molecule has 0 bridgehead atoms. The molecular weight excluding hydrogens is 541 g/mol. The van der Waals surface area contributed by atoms with E-state index < -0.39 is 8.07 Å². The van der Waals surface area contributed by atoms with Crippen LogP contribution < -0.4 is 10.4 Å². The molecule has 1 heterocycles. The molecule has 0 radical (unpaired) electrons. The fraction of sp³-hybridized carbons (Fsp3) is 0.100. The number of aliphatic hydroxyl groups excluding tert-OH is 2. The molecule has 0 aromatic heterocycles. The van der Waals surface area contributed by atoms with Gasteiger partial charge in [-0.15, -0.1) is 0 Å². The lowest BCUT2D eigenvalue weighted by atomic mass is 9.84. The number of aliphatic hydroxyl groups is 2. The Morgan fingerprint density at radius 3 is 1.02 bits per heavy atom. The van der Waals surface area contributed by atoms with Gasteiger partial charge in [0.25, 0.3) is 0 Å². The third-order valence-electron chi connectivity index (χ3n) is 10.1. The molecule has 0 unspecified atom stereocenters. The highest BCUT2D eigenvalue weighted by Gasteiger charge is 2.43. The molecule has 9 rings (SSSR count). The molecule has 0 saturated heterocycles. The third kappa shape index (κ3) is 3.09. The Labute approximate surface area is 250 Å². The van der Waals surface area contributed by atoms with Crippen LogP contribution >= 0.6 is 0 Å². The van der Waals surface area contributed by atoms with E-state index in [1.165, 1.54) is 86.1 Å².